The highest BCUT2D eigenvalue weighted by Gasteiger charge is 2.36. The van der Waals surface area contributed by atoms with Gasteiger partial charge in [-0.25, -0.2) is 14.8 Å². The second-order valence-corrected chi connectivity index (χ2v) is 5.91. The third-order valence-electron chi connectivity index (χ3n) is 4.21. The minimum absolute atomic E-state index is 0.0592. The van der Waals surface area contributed by atoms with E-state index in [9.17, 15) is 18.0 Å². The SMILES string of the molecule is O=C(O)c1ccc(N2CCCN(c3ncccc3C(F)(F)F)CC2)nc1. The topological polar surface area (TPSA) is 69.6 Å². The van der Waals surface area contributed by atoms with Crippen LogP contribution in [-0.2, 0) is 6.18 Å². The smallest absolute Gasteiger partial charge is 0.419 e. The first-order valence-electron chi connectivity index (χ1n) is 8.08. The molecule has 0 unspecified atom stereocenters. The van der Waals surface area contributed by atoms with Gasteiger partial charge in [0.1, 0.15) is 11.6 Å². The Morgan fingerprint density at radius 2 is 1.77 bits per heavy atom. The summed E-state index contributed by atoms with van der Waals surface area (Å²) in [4.78, 5) is 22.6. The number of aromatic nitrogens is 2. The summed E-state index contributed by atoms with van der Waals surface area (Å²) >= 11 is 0. The van der Waals surface area contributed by atoms with E-state index >= 15 is 0 Å². The minimum Gasteiger partial charge on any atom is -0.478 e. The van der Waals surface area contributed by atoms with Crippen molar-refractivity contribution in [3.05, 3.63) is 47.8 Å². The van der Waals surface area contributed by atoms with Crippen LogP contribution in [0.5, 0.6) is 0 Å². The van der Waals surface area contributed by atoms with Crippen molar-refractivity contribution in [2.24, 2.45) is 0 Å². The van der Waals surface area contributed by atoms with Crippen LogP contribution in [0.1, 0.15) is 22.3 Å². The van der Waals surface area contributed by atoms with Gasteiger partial charge in [0.25, 0.3) is 0 Å². The van der Waals surface area contributed by atoms with Crippen molar-refractivity contribution in [2.45, 2.75) is 12.6 Å². The standard InChI is InChI=1S/C17H17F3N4O2/c18-17(19,20)13-3-1-6-21-15(13)24-8-2-7-23(9-10-24)14-5-4-12(11-22-14)16(25)26/h1,3-6,11H,2,7-10H2,(H,25,26). The van der Waals surface area contributed by atoms with Crippen LogP contribution in [0.4, 0.5) is 24.8 Å². The van der Waals surface area contributed by atoms with Gasteiger partial charge in [0.05, 0.1) is 11.1 Å². The molecule has 3 rings (SSSR count). The predicted octanol–water partition coefficient (Wildman–Crippen LogP) is 2.91. The zero-order valence-corrected chi connectivity index (χ0v) is 13.8. The van der Waals surface area contributed by atoms with E-state index in [0.717, 1.165) is 6.07 Å². The fourth-order valence-corrected chi connectivity index (χ4v) is 2.93. The first-order chi connectivity index (χ1) is 12.4. The number of rotatable bonds is 3. The third-order valence-corrected chi connectivity index (χ3v) is 4.21. The van der Waals surface area contributed by atoms with E-state index in [1.807, 2.05) is 4.90 Å². The summed E-state index contributed by atoms with van der Waals surface area (Å²) in [5.41, 5.74) is -0.647. The third kappa shape index (κ3) is 3.87. The fraction of sp³-hybridized carbons (Fsp3) is 0.353. The molecular formula is C17H17F3N4O2. The molecule has 1 N–H and O–H groups in total. The van der Waals surface area contributed by atoms with E-state index in [4.69, 9.17) is 5.11 Å². The molecular weight excluding hydrogens is 349 g/mol. The summed E-state index contributed by atoms with van der Waals surface area (Å²) in [6.45, 7) is 1.89. The molecule has 0 bridgehead atoms. The Balaban J connectivity index is 1.76. The Labute approximate surface area is 147 Å². The van der Waals surface area contributed by atoms with Gasteiger partial charge in [-0.1, -0.05) is 0 Å². The highest BCUT2D eigenvalue weighted by molar-refractivity contribution is 5.87. The van der Waals surface area contributed by atoms with Gasteiger partial charge in [-0.15, -0.1) is 0 Å². The van der Waals surface area contributed by atoms with Crippen molar-refractivity contribution in [2.75, 3.05) is 36.0 Å². The summed E-state index contributed by atoms with van der Waals surface area (Å²) in [7, 11) is 0. The normalized spacial score (nSPS) is 15.7. The van der Waals surface area contributed by atoms with E-state index in [1.165, 1.54) is 24.5 Å². The summed E-state index contributed by atoms with van der Waals surface area (Å²) in [6, 6.07) is 5.40. The molecule has 3 heterocycles. The van der Waals surface area contributed by atoms with E-state index in [1.54, 1.807) is 11.0 Å². The first-order valence-corrected chi connectivity index (χ1v) is 8.08. The summed E-state index contributed by atoms with van der Waals surface area (Å²) in [5, 5.41) is 8.92. The van der Waals surface area contributed by atoms with Crippen molar-refractivity contribution in [1.29, 1.82) is 0 Å². The number of halogens is 3. The zero-order chi connectivity index (χ0) is 18.7. The lowest BCUT2D eigenvalue weighted by Gasteiger charge is -2.25. The molecule has 0 amide bonds. The van der Waals surface area contributed by atoms with Gasteiger partial charge in [-0.05, 0) is 30.7 Å². The molecule has 138 valence electrons. The molecule has 0 aromatic carbocycles. The molecule has 1 aliphatic heterocycles. The van der Waals surface area contributed by atoms with Gasteiger partial charge in [0.15, 0.2) is 0 Å². The fourth-order valence-electron chi connectivity index (χ4n) is 2.93. The Morgan fingerprint density at radius 1 is 1.04 bits per heavy atom. The van der Waals surface area contributed by atoms with Crippen LogP contribution in [0.2, 0.25) is 0 Å². The molecule has 9 heteroatoms. The number of aromatic carboxylic acids is 1. The quantitative estimate of drug-likeness (QED) is 0.901. The Kier molecular flexibility index (Phi) is 4.97. The van der Waals surface area contributed by atoms with Crippen LogP contribution in [0.25, 0.3) is 0 Å². The zero-order valence-electron chi connectivity index (χ0n) is 13.8. The second-order valence-electron chi connectivity index (χ2n) is 5.91. The highest BCUT2D eigenvalue weighted by atomic mass is 19.4. The van der Waals surface area contributed by atoms with Crippen molar-refractivity contribution in [3.63, 3.8) is 0 Å². The Morgan fingerprint density at radius 3 is 2.42 bits per heavy atom. The van der Waals surface area contributed by atoms with E-state index in [2.05, 4.69) is 9.97 Å². The van der Waals surface area contributed by atoms with Gasteiger partial charge in [-0.2, -0.15) is 13.2 Å². The van der Waals surface area contributed by atoms with Crippen LogP contribution in [0.3, 0.4) is 0 Å². The lowest BCUT2D eigenvalue weighted by molar-refractivity contribution is -0.137. The van der Waals surface area contributed by atoms with Crippen LogP contribution in [-0.4, -0.2) is 47.2 Å². The molecule has 6 nitrogen and oxygen atoms in total. The molecule has 1 saturated heterocycles. The Bertz CT molecular complexity index is 780. The predicted molar refractivity (Wildman–Crippen MR) is 89.5 cm³/mol. The Hall–Kier alpha value is -2.84. The number of pyridine rings is 2. The average Bonchev–Trinajstić information content (AvgIpc) is 2.87. The maximum Gasteiger partial charge on any atom is 0.419 e. The lowest BCUT2D eigenvalue weighted by atomic mass is 10.2. The van der Waals surface area contributed by atoms with Crippen LogP contribution >= 0.6 is 0 Å². The van der Waals surface area contributed by atoms with Crippen molar-refractivity contribution >= 4 is 17.6 Å². The summed E-state index contributed by atoms with van der Waals surface area (Å²) < 4.78 is 39.6. The molecule has 1 fully saturated rings. The van der Waals surface area contributed by atoms with Crippen molar-refractivity contribution in [3.8, 4) is 0 Å². The largest absolute Gasteiger partial charge is 0.478 e. The number of carbonyl (C=O) groups is 1. The molecule has 0 spiro atoms. The van der Waals surface area contributed by atoms with Gasteiger partial charge in [-0.3, -0.25) is 0 Å². The number of carboxylic acids is 1. The van der Waals surface area contributed by atoms with Gasteiger partial charge < -0.3 is 14.9 Å². The number of hydrogen-bond acceptors (Lipinski definition) is 5. The van der Waals surface area contributed by atoms with E-state index in [0.29, 0.717) is 38.4 Å². The summed E-state index contributed by atoms with van der Waals surface area (Å²) in [6.07, 6.45) is -1.18. The number of hydrogen-bond donors (Lipinski definition) is 1. The van der Waals surface area contributed by atoms with Crippen LogP contribution in [0, 0.1) is 0 Å². The second kappa shape index (κ2) is 7.19. The number of alkyl halides is 3. The highest BCUT2D eigenvalue weighted by Crippen LogP contribution is 2.35. The van der Waals surface area contributed by atoms with Gasteiger partial charge >= 0.3 is 12.1 Å². The van der Waals surface area contributed by atoms with Crippen molar-refractivity contribution in [1.82, 2.24) is 9.97 Å². The van der Waals surface area contributed by atoms with E-state index < -0.39 is 17.7 Å². The lowest BCUT2D eigenvalue weighted by Crippen LogP contribution is -2.32. The molecule has 0 atom stereocenters. The van der Waals surface area contributed by atoms with Crippen LogP contribution in [0.15, 0.2) is 36.7 Å². The first kappa shape index (κ1) is 18.0. The maximum atomic E-state index is 13.2. The molecule has 2 aromatic rings. The number of anilines is 2. The minimum atomic E-state index is -4.45. The number of nitrogens with zero attached hydrogens (tertiary/aromatic N) is 4. The maximum absolute atomic E-state index is 13.2. The monoisotopic (exact) mass is 366 g/mol. The summed E-state index contributed by atoms with van der Waals surface area (Å²) in [5.74, 6) is -0.508. The average molecular weight is 366 g/mol. The molecule has 2 aromatic heterocycles. The molecule has 0 saturated carbocycles. The van der Waals surface area contributed by atoms with Crippen molar-refractivity contribution < 1.29 is 23.1 Å². The molecule has 26 heavy (non-hydrogen) atoms. The molecule has 1 aliphatic rings. The molecule has 0 aliphatic carbocycles. The van der Waals surface area contributed by atoms with E-state index in [-0.39, 0.29) is 11.4 Å². The number of carboxylic acid groups (broad SMARTS) is 1. The molecule has 0 radical (unpaired) electrons. The van der Waals surface area contributed by atoms with Gasteiger partial charge in [0.2, 0.25) is 0 Å². The van der Waals surface area contributed by atoms with Crippen LogP contribution < -0.4 is 9.80 Å². The van der Waals surface area contributed by atoms with Gasteiger partial charge in [0, 0.05) is 38.6 Å².